The third-order valence-corrected chi connectivity index (χ3v) is 3.94. The van der Waals surface area contributed by atoms with Crippen molar-refractivity contribution >= 4 is 29.0 Å². The number of nitrogens with one attached hydrogen (secondary N) is 1. The summed E-state index contributed by atoms with van der Waals surface area (Å²) in [5.41, 5.74) is -2.31. The van der Waals surface area contributed by atoms with Crippen LogP contribution in [-0.2, 0) is 18.8 Å². The Morgan fingerprint density at radius 2 is 1.69 bits per heavy atom. The number of nitrogens with zero attached hydrogens (tertiary/aromatic N) is 2. The quantitative estimate of drug-likeness (QED) is 0.632. The van der Waals surface area contributed by atoms with E-state index >= 15 is 0 Å². The van der Waals surface area contributed by atoms with Crippen LogP contribution in [0.2, 0.25) is 10.0 Å². The number of hydrogen-bond donors (Lipinski definition) is 1. The average Bonchev–Trinajstić information content (AvgIpc) is 2.49. The highest BCUT2D eigenvalue weighted by Crippen LogP contribution is 2.37. The lowest BCUT2D eigenvalue weighted by atomic mass is 10.0. The minimum atomic E-state index is -4.78. The van der Waals surface area contributed by atoms with E-state index in [9.17, 15) is 26.3 Å². The van der Waals surface area contributed by atoms with Crippen molar-refractivity contribution in [3.63, 3.8) is 0 Å². The van der Waals surface area contributed by atoms with Crippen molar-refractivity contribution in [2.45, 2.75) is 31.7 Å². The molecular formula is C15H11Cl2F6N3. The summed E-state index contributed by atoms with van der Waals surface area (Å²) in [4.78, 5) is 6.71. The van der Waals surface area contributed by atoms with E-state index in [0.717, 1.165) is 6.07 Å². The molecule has 0 saturated heterocycles. The Morgan fingerprint density at radius 3 is 2.27 bits per heavy atom. The maximum atomic E-state index is 13.1. The van der Waals surface area contributed by atoms with Gasteiger partial charge in [0.2, 0.25) is 0 Å². The van der Waals surface area contributed by atoms with E-state index in [1.165, 1.54) is 19.1 Å². The number of anilines is 1. The monoisotopic (exact) mass is 417 g/mol. The first kappa shape index (κ1) is 20.6. The van der Waals surface area contributed by atoms with Crippen molar-refractivity contribution in [3.8, 4) is 0 Å². The molecule has 0 aliphatic heterocycles. The zero-order chi connectivity index (χ0) is 19.7. The van der Waals surface area contributed by atoms with Crippen LogP contribution in [0.5, 0.6) is 0 Å². The van der Waals surface area contributed by atoms with E-state index in [0.29, 0.717) is 6.33 Å². The predicted octanol–water partition coefficient (Wildman–Crippen LogP) is 5.86. The van der Waals surface area contributed by atoms with Crippen molar-refractivity contribution in [2.75, 3.05) is 5.32 Å². The second-order valence-corrected chi connectivity index (χ2v) is 6.25. The fraction of sp³-hybridized carbons (Fsp3) is 0.333. The second kappa shape index (κ2) is 7.48. The van der Waals surface area contributed by atoms with Gasteiger partial charge in [0.15, 0.2) is 5.69 Å². The first-order valence-electron chi connectivity index (χ1n) is 7.09. The lowest BCUT2D eigenvalue weighted by Gasteiger charge is -2.19. The molecule has 0 radical (unpaired) electrons. The summed E-state index contributed by atoms with van der Waals surface area (Å²) in [5, 5.41) is 1.76. The molecule has 0 aliphatic rings. The van der Waals surface area contributed by atoms with Crippen molar-refractivity contribution in [2.24, 2.45) is 0 Å². The standard InChI is InChI=1S/C15H11Cl2F6N3/c1-7(4-8-2-3-9(16)5-10(8)14(18,19)20)26-13-11(17)12(15(21,22)23)24-6-25-13/h2-3,5-7H,4H2,1H3,(H,24,25,26). The van der Waals surface area contributed by atoms with Crippen LogP contribution in [0, 0.1) is 0 Å². The zero-order valence-electron chi connectivity index (χ0n) is 13.0. The van der Waals surface area contributed by atoms with Gasteiger partial charge in [-0.1, -0.05) is 29.3 Å². The molecular weight excluding hydrogens is 407 g/mol. The highest BCUT2D eigenvalue weighted by atomic mass is 35.5. The molecule has 0 fully saturated rings. The summed E-state index contributed by atoms with van der Waals surface area (Å²) in [6.45, 7) is 1.49. The Hall–Kier alpha value is -1.74. The van der Waals surface area contributed by atoms with E-state index in [1.807, 2.05) is 0 Å². The molecule has 0 amide bonds. The molecule has 1 N–H and O–H groups in total. The molecule has 1 aromatic heterocycles. The molecule has 0 spiro atoms. The van der Waals surface area contributed by atoms with Crippen molar-refractivity contribution in [1.29, 1.82) is 0 Å². The van der Waals surface area contributed by atoms with Gasteiger partial charge in [-0.25, -0.2) is 9.97 Å². The topological polar surface area (TPSA) is 37.8 Å². The SMILES string of the molecule is CC(Cc1ccc(Cl)cc1C(F)(F)F)Nc1ncnc(C(F)(F)F)c1Cl. The molecule has 26 heavy (non-hydrogen) atoms. The van der Waals surface area contributed by atoms with Crippen LogP contribution in [0.25, 0.3) is 0 Å². The molecule has 0 aliphatic carbocycles. The largest absolute Gasteiger partial charge is 0.435 e. The molecule has 0 bridgehead atoms. The van der Waals surface area contributed by atoms with Gasteiger partial charge in [0.25, 0.3) is 0 Å². The Morgan fingerprint density at radius 1 is 1.04 bits per heavy atom. The van der Waals surface area contributed by atoms with Gasteiger partial charge >= 0.3 is 12.4 Å². The van der Waals surface area contributed by atoms with Crippen LogP contribution < -0.4 is 5.32 Å². The minimum Gasteiger partial charge on any atom is -0.366 e. The van der Waals surface area contributed by atoms with Gasteiger partial charge in [-0.15, -0.1) is 0 Å². The van der Waals surface area contributed by atoms with Gasteiger partial charge < -0.3 is 5.32 Å². The Kier molecular flexibility index (Phi) is 5.92. The predicted molar refractivity (Wildman–Crippen MR) is 85.3 cm³/mol. The van der Waals surface area contributed by atoms with Gasteiger partial charge in [-0.3, -0.25) is 0 Å². The molecule has 1 atom stereocenters. The maximum absolute atomic E-state index is 13.1. The highest BCUT2D eigenvalue weighted by molar-refractivity contribution is 6.33. The fourth-order valence-electron chi connectivity index (χ4n) is 2.27. The number of benzene rings is 1. The number of aromatic nitrogens is 2. The number of halogens is 8. The number of alkyl halides is 6. The van der Waals surface area contributed by atoms with Crippen LogP contribution in [0.4, 0.5) is 32.2 Å². The van der Waals surface area contributed by atoms with E-state index in [4.69, 9.17) is 23.2 Å². The van der Waals surface area contributed by atoms with E-state index in [-0.39, 0.29) is 22.8 Å². The van der Waals surface area contributed by atoms with Crippen LogP contribution in [-0.4, -0.2) is 16.0 Å². The molecule has 3 nitrogen and oxygen atoms in total. The zero-order valence-corrected chi connectivity index (χ0v) is 14.5. The van der Waals surface area contributed by atoms with Gasteiger partial charge in [-0.2, -0.15) is 26.3 Å². The molecule has 142 valence electrons. The van der Waals surface area contributed by atoms with E-state index < -0.39 is 34.7 Å². The summed E-state index contributed by atoms with van der Waals surface area (Å²) in [6.07, 6.45) is -8.86. The number of rotatable bonds is 4. The summed E-state index contributed by atoms with van der Waals surface area (Å²) in [5.74, 6) is -0.316. The minimum absolute atomic E-state index is 0.0666. The van der Waals surface area contributed by atoms with Gasteiger partial charge in [0, 0.05) is 11.1 Å². The summed E-state index contributed by atoms with van der Waals surface area (Å²) >= 11 is 11.3. The lowest BCUT2D eigenvalue weighted by molar-refractivity contribution is -0.141. The first-order valence-corrected chi connectivity index (χ1v) is 7.85. The van der Waals surface area contributed by atoms with Crippen molar-refractivity contribution in [3.05, 3.63) is 51.4 Å². The molecule has 1 unspecified atom stereocenters. The Balaban J connectivity index is 2.25. The molecule has 1 aromatic carbocycles. The van der Waals surface area contributed by atoms with Crippen LogP contribution >= 0.6 is 23.2 Å². The normalized spacial score (nSPS) is 13.6. The van der Waals surface area contributed by atoms with Crippen LogP contribution in [0.3, 0.4) is 0 Å². The summed E-state index contributed by atoms with van der Waals surface area (Å²) in [7, 11) is 0. The smallest absolute Gasteiger partial charge is 0.366 e. The van der Waals surface area contributed by atoms with E-state index in [1.54, 1.807) is 0 Å². The van der Waals surface area contributed by atoms with Crippen LogP contribution in [0.1, 0.15) is 23.7 Å². The Labute approximate surface area is 154 Å². The second-order valence-electron chi connectivity index (χ2n) is 5.43. The van der Waals surface area contributed by atoms with Gasteiger partial charge in [0.05, 0.1) is 5.56 Å². The third-order valence-electron chi connectivity index (χ3n) is 3.34. The number of hydrogen-bond acceptors (Lipinski definition) is 3. The third kappa shape index (κ3) is 4.91. The maximum Gasteiger partial charge on any atom is 0.435 e. The van der Waals surface area contributed by atoms with Crippen molar-refractivity contribution in [1.82, 2.24) is 9.97 Å². The van der Waals surface area contributed by atoms with Crippen LogP contribution in [0.15, 0.2) is 24.5 Å². The summed E-state index contributed by atoms with van der Waals surface area (Å²) in [6, 6.07) is 2.61. The molecule has 2 aromatic rings. The van der Waals surface area contributed by atoms with Gasteiger partial charge in [-0.05, 0) is 31.0 Å². The fourth-order valence-corrected chi connectivity index (χ4v) is 2.70. The molecule has 2 rings (SSSR count). The molecule has 0 saturated carbocycles. The molecule has 1 heterocycles. The van der Waals surface area contributed by atoms with E-state index in [2.05, 4.69) is 15.3 Å². The first-order chi connectivity index (χ1) is 11.9. The highest BCUT2D eigenvalue weighted by Gasteiger charge is 2.37. The Bertz CT molecular complexity index is 792. The lowest BCUT2D eigenvalue weighted by Crippen LogP contribution is -2.22. The average molecular weight is 418 g/mol. The molecule has 11 heteroatoms. The summed E-state index contributed by atoms with van der Waals surface area (Å²) < 4.78 is 77.7. The van der Waals surface area contributed by atoms with Gasteiger partial charge in [0.1, 0.15) is 17.2 Å². The van der Waals surface area contributed by atoms with Crippen molar-refractivity contribution < 1.29 is 26.3 Å².